The smallest absolute Gasteiger partial charge is 0.416 e. The number of nitrogens with zero attached hydrogens (tertiary/aromatic N) is 2. The SMILES string of the molecule is CN1CCC(C(=O)c2cc(NC(=O)Nc3ccc(Oc4ccnc(CC(=O)C5CC5)c4)c(F)c3)cc(C(F)(F)F)c2)CC1. The third-order valence-corrected chi connectivity index (χ3v) is 7.49. The van der Waals surface area contributed by atoms with Gasteiger partial charge in [0.15, 0.2) is 17.3 Å². The minimum atomic E-state index is -4.74. The highest BCUT2D eigenvalue weighted by Gasteiger charge is 2.33. The van der Waals surface area contributed by atoms with Gasteiger partial charge in [0.25, 0.3) is 0 Å². The second-order valence-corrected chi connectivity index (χ2v) is 11.0. The van der Waals surface area contributed by atoms with Gasteiger partial charge in [0.1, 0.15) is 11.5 Å². The predicted octanol–water partition coefficient (Wildman–Crippen LogP) is 6.72. The fourth-order valence-electron chi connectivity index (χ4n) is 4.94. The monoisotopic (exact) mass is 598 g/mol. The fourth-order valence-corrected chi connectivity index (χ4v) is 4.94. The molecule has 1 saturated heterocycles. The van der Waals surface area contributed by atoms with E-state index in [0.717, 1.165) is 31.0 Å². The number of rotatable bonds is 9. The Morgan fingerprint density at radius 2 is 1.65 bits per heavy atom. The van der Waals surface area contributed by atoms with Gasteiger partial charge in [-0.25, -0.2) is 9.18 Å². The van der Waals surface area contributed by atoms with E-state index in [2.05, 4.69) is 15.6 Å². The predicted molar refractivity (Wildman–Crippen MR) is 151 cm³/mol. The van der Waals surface area contributed by atoms with Crippen LogP contribution >= 0.6 is 0 Å². The molecule has 2 aliphatic rings. The number of pyridine rings is 1. The van der Waals surface area contributed by atoms with Crippen LogP contribution in [0.25, 0.3) is 0 Å². The van der Waals surface area contributed by atoms with E-state index in [1.165, 1.54) is 30.5 Å². The molecule has 1 aromatic heterocycles. The number of urea groups is 1. The maximum absolute atomic E-state index is 14.8. The molecule has 226 valence electrons. The highest BCUT2D eigenvalue weighted by Crippen LogP contribution is 2.34. The maximum atomic E-state index is 14.8. The first-order valence-electron chi connectivity index (χ1n) is 13.9. The summed E-state index contributed by atoms with van der Waals surface area (Å²) in [5, 5.41) is 4.70. The molecule has 2 N–H and O–H groups in total. The van der Waals surface area contributed by atoms with Gasteiger partial charge in [-0.2, -0.15) is 13.2 Å². The Labute approximate surface area is 245 Å². The van der Waals surface area contributed by atoms with E-state index in [-0.39, 0.29) is 46.6 Å². The van der Waals surface area contributed by atoms with Crippen molar-refractivity contribution in [2.45, 2.75) is 38.3 Å². The van der Waals surface area contributed by atoms with Gasteiger partial charge in [0.05, 0.1) is 11.3 Å². The summed E-state index contributed by atoms with van der Waals surface area (Å²) in [5.41, 5.74) is -0.899. The lowest BCUT2D eigenvalue weighted by Crippen LogP contribution is -2.33. The molecule has 1 aliphatic heterocycles. The van der Waals surface area contributed by atoms with E-state index in [1.54, 1.807) is 6.07 Å². The van der Waals surface area contributed by atoms with Gasteiger partial charge < -0.3 is 20.3 Å². The molecular formula is C31H30F4N4O4. The zero-order valence-corrected chi connectivity index (χ0v) is 23.3. The van der Waals surface area contributed by atoms with Crippen molar-refractivity contribution in [3.8, 4) is 11.5 Å². The van der Waals surface area contributed by atoms with Crippen LogP contribution in [0.2, 0.25) is 0 Å². The molecule has 1 saturated carbocycles. The number of halogens is 4. The highest BCUT2D eigenvalue weighted by molar-refractivity contribution is 6.02. The molecule has 0 bridgehead atoms. The minimum absolute atomic E-state index is 0.0161. The van der Waals surface area contributed by atoms with Gasteiger partial charge >= 0.3 is 12.2 Å². The Bertz CT molecular complexity index is 1530. The summed E-state index contributed by atoms with van der Waals surface area (Å²) in [7, 11) is 1.91. The third-order valence-electron chi connectivity index (χ3n) is 7.49. The second-order valence-electron chi connectivity index (χ2n) is 11.0. The van der Waals surface area contributed by atoms with E-state index < -0.39 is 35.3 Å². The zero-order chi connectivity index (χ0) is 30.7. The molecule has 8 nitrogen and oxygen atoms in total. The number of carbonyl (C=O) groups excluding carboxylic acids is 3. The summed E-state index contributed by atoms with van der Waals surface area (Å²) in [6, 6.07) is 8.54. The lowest BCUT2D eigenvalue weighted by Gasteiger charge is -2.28. The number of hydrogen-bond donors (Lipinski definition) is 2. The molecule has 2 fully saturated rings. The molecule has 5 rings (SSSR count). The Hall–Kier alpha value is -4.32. The number of nitrogens with one attached hydrogen (secondary N) is 2. The van der Waals surface area contributed by atoms with Crippen molar-refractivity contribution < 1.29 is 36.7 Å². The van der Waals surface area contributed by atoms with Crippen molar-refractivity contribution >= 4 is 29.0 Å². The molecule has 0 atom stereocenters. The van der Waals surface area contributed by atoms with E-state index in [1.807, 2.05) is 11.9 Å². The van der Waals surface area contributed by atoms with Crippen LogP contribution in [0.4, 0.5) is 33.7 Å². The number of alkyl halides is 3. The number of likely N-dealkylation sites (tertiary alicyclic amines) is 1. The number of amides is 2. The van der Waals surface area contributed by atoms with Crippen LogP contribution in [0.3, 0.4) is 0 Å². The number of anilines is 2. The summed E-state index contributed by atoms with van der Waals surface area (Å²) in [6.45, 7) is 1.32. The molecule has 0 spiro atoms. The number of aromatic nitrogens is 1. The Morgan fingerprint density at radius 1 is 0.930 bits per heavy atom. The quantitative estimate of drug-likeness (QED) is 0.210. The van der Waals surface area contributed by atoms with Gasteiger partial charge in [-0.1, -0.05) is 0 Å². The van der Waals surface area contributed by atoms with Crippen molar-refractivity contribution in [2.75, 3.05) is 30.8 Å². The lowest BCUT2D eigenvalue weighted by molar-refractivity contribution is -0.137. The summed E-state index contributed by atoms with van der Waals surface area (Å²) in [6.07, 6.45) is -0.274. The van der Waals surface area contributed by atoms with Gasteiger partial charge in [0, 0.05) is 53.5 Å². The number of benzene rings is 2. The van der Waals surface area contributed by atoms with Crippen molar-refractivity contribution in [2.24, 2.45) is 11.8 Å². The third kappa shape index (κ3) is 7.95. The topological polar surface area (TPSA) is 101 Å². The Kier molecular flexibility index (Phi) is 8.77. The van der Waals surface area contributed by atoms with Gasteiger partial charge in [-0.3, -0.25) is 14.6 Å². The van der Waals surface area contributed by atoms with Gasteiger partial charge in [-0.05, 0) is 82.2 Å². The first-order chi connectivity index (χ1) is 20.4. The van der Waals surface area contributed by atoms with Crippen molar-refractivity contribution in [3.05, 3.63) is 77.4 Å². The van der Waals surface area contributed by atoms with Gasteiger partial charge in [0.2, 0.25) is 0 Å². The largest absolute Gasteiger partial charge is 0.454 e. The van der Waals surface area contributed by atoms with Crippen LogP contribution in [0.15, 0.2) is 54.7 Å². The van der Waals surface area contributed by atoms with E-state index in [9.17, 15) is 31.9 Å². The van der Waals surface area contributed by atoms with Crippen LogP contribution in [0.5, 0.6) is 11.5 Å². The van der Waals surface area contributed by atoms with E-state index in [4.69, 9.17) is 4.74 Å². The molecular weight excluding hydrogens is 568 g/mol. The first-order valence-corrected chi connectivity index (χ1v) is 13.9. The second kappa shape index (κ2) is 12.5. The molecule has 1 aliphatic carbocycles. The Balaban J connectivity index is 1.24. The molecule has 2 aromatic carbocycles. The standard InChI is InChI=1S/C31H30F4N4O4/c1-39-10-7-19(8-11-39)29(41)20-12-21(31(33,34)35)14-24(13-20)38-30(42)37-22-4-5-28(26(32)16-22)43-25-6-9-36-23(15-25)17-27(40)18-2-3-18/h4-6,9,12-16,18-19H,2-3,7-8,10-11,17H2,1H3,(H2,37,38,42). The van der Waals surface area contributed by atoms with E-state index >= 15 is 0 Å². The van der Waals surface area contributed by atoms with Crippen LogP contribution in [0.1, 0.15) is 47.3 Å². The number of ether oxygens (including phenoxy) is 1. The van der Waals surface area contributed by atoms with Crippen LogP contribution in [0, 0.1) is 17.7 Å². The normalized spacial score (nSPS) is 16.0. The van der Waals surface area contributed by atoms with Gasteiger partial charge in [-0.15, -0.1) is 0 Å². The summed E-state index contributed by atoms with van der Waals surface area (Å²) in [5.74, 6) is -1.30. The molecule has 12 heteroatoms. The van der Waals surface area contributed by atoms with Crippen molar-refractivity contribution in [1.29, 1.82) is 0 Å². The van der Waals surface area contributed by atoms with Crippen LogP contribution in [-0.2, 0) is 17.4 Å². The minimum Gasteiger partial charge on any atom is -0.454 e. The van der Waals surface area contributed by atoms with Crippen LogP contribution in [-0.4, -0.2) is 47.6 Å². The van der Waals surface area contributed by atoms with Crippen molar-refractivity contribution in [1.82, 2.24) is 9.88 Å². The average molecular weight is 599 g/mol. The zero-order valence-electron chi connectivity index (χ0n) is 23.3. The van der Waals surface area contributed by atoms with Crippen molar-refractivity contribution in [3.63, 3.8) is 0 Å². The first kappa shape index (κ1) is 30.1. The van der Waals surface area contributed by atoms with E-state index in [0.29, 0.717) is 31.6 Å². The number of carbonyl (C=O) groups is 3. The highest BCUT2D eigenvalue weighted by atomic mass is 19.4. The molecule has 0 radical (unpaired) electrons. The molecule has 2 heterocycles. The number of hydrogen-bond acceptors (Lipinski definition) is 6. The maximum Gasteiger partial charge on any atom is 0.416 e. The number of Topliss-reactive ketones (excluding diaryl/α,β-unsaturated/α-hetero) is 2. The summed E-state index contributed by atoms with van der Waals surface area (Å²) in [4.78, 5) is 44.0. The number of piperidine rings is 1. The Morgan fingerprint density at radius 3 is 2.33 bits per heavy atom. The summed E-state index contributed by atoms with van der Waals surface area (Å²) < 4.78 is 61.3. The molecule has 0 unspecified atom stereocenters. The molecule has 3 aromatic rings. The van der Waals surface area contributed by atoms with Crippen LogP contribution < -0.4 is 15.4 Å². The molecule has 2 amide bonds. The fraction of sp³-hybridized carbons (Fsp3) is 0.355. The lowest BCUT2D eigenvalue weighted by atomic mass is 9.88. The number of ketones is 2. The molecule has 43 heavy (non-hydrogen) atoms. The average Bonchev–Trinajstić information content (AvgIpc) is 3.80. The summed E-state index contributed by atoms with van der Waals surface area (Å²) >= 11 is 0.